The number of ether oxygens (including phenoxy) is 1. The highest BCUT2D eigenvalue weighted by Gasteiger charge is 1.94. The third-order valence-electron chi connectivity index (χ3n) is 1.25. The van der Waals surface area contributed by atoms with Crippen molar-refractivity contribution in [3.63, 3.8) is 0 Å². The van der Waals surface area contributed by atoms with Crippen LogP contribution in [0.25, 0.3) is 0 Å². The molecule has 0 amide bonds. The monoisotopic (exact) mass is 194 g/mol. The number of aliphatic hydroxyl groups excluding tert-OH is 1. The van der Waals surface area contributed by atoms with Crippen LogP contribution >= 0.6 is 0 Å². The summed E-state index contributed by atoms with van der Waals surface area (Å²) in [6.07, 6.45) is 1.34. The highest BCUT2D eigenvalue weighted by molar-refractivity contribution is 5.68. The average Bonchev–Trinajstić information content (AvgIpc) is 2.21. The molecule has 0 bridgehead atoms. The molecular formula is C11H14O3. The first-order chi connectivity index (χ1) is 6.81. The van der Waals surface area contributed by atoms with Crippen molar-refractivity contribution >= 4 is 5.97 Å². The Morgan fingerprint density at radius 3 is 2.50 bits per heavy atom. The molecule has 0 aliphatic carbocycles. The molecule has 0 saturated carbocycles. The van der Waals surface area contributed by atoms with Gasteiger partial charge in [-0.25, -0.2) is 0 Å². The summed E-state index contributed by atoms with van der Waals surface area (Å²) >= 11 is 0. The molecule has 0 aliphatic heterocycles. The van der Waals surface area contributed by atoms with Crippen molar-refractivity contribution in [1.82, 2.24) is 0 Å². The Balaban J connectivity index is 3.45. The molecule has 1 N–H and O–H groups in total. The summed E-state index contributed by atoms with van der Waals surface area (Å²) in [5.41, 5.74) is 0. The van der Waals surface area contributed by atoms with Gasteiger partial charge in [0.15, 0.2) is 0 Å². The minimum Gasteiger partial charge on any atom is -0.465 e. The van der Waals surface area contributed by atoms with Crippen molar-refractivity contribution in [2.45, 2.75) is 26.2 Å². The van der Waals surface area contributed by atoms with Crippen LogP contribution in [-0.2, 0) is 9.53 Å². The standard InChI is InChI=1S/C11H14O3/c1-2-11(13)14-10-8-6-4-3-5-7-9-12/h12H,2,7-10H2,1H3. The summed E-state index contributed by atoms with van der Waals surface area (Å²) in [4.78, 5) is 10.7. The number of rotatable bonds is 4. The Bertz CT molecular complexity index is 272. The lowest BCUT2D eigenvalue weighted by molar-refractivity contribution is -0.143. The van der Waals surface area contributed by atoms with Gasteiger partial charge in [0.05, 0.1) is 6.61 Å². The Kier molecular flexibility index (Phi) is 8.64. The number of esters is 1. The first-order valence-corrected chi connectivity index (χ1v) is 4.53. The predicted octanol–water partition coefficient (Wildman–Crippen LogP) is 0.719. The molecule has 0 aromatic carbocycles. The Morgan fingerprint density at radius 1 is 1.29 bits per heavy atom. The van der Waals surface area contributed by atoms with Gasteiger partial charge in [0.25, 0.3) is 0 Å². The normalized spacial score (nSPS) is 7.86. The van der Waals surface area contributed by atoms with Crippen molar-refractivity contribution in [3.8, 4) is 23.7 Å². The first-order valence-electron chi connectivity index (χ1n) is 4.53. The second-order valence-electron chi connectivity index (χ2n) is 2.40. The van der Waals surface area contributed by atoms with Gasteiger partial charge in [0.2, 0.25) is 0 Å². The zero-order valence-electron chi connectivity index (χ0n) is 8.30. The van der Waals surface area contributed by atoms with E-state index in [1.165, 1.54) is 0 Å². The van der Waals surface area contributed by atoms with E-state index in [2.05, 4.69) is 23.7 Å². The van der Waals surface area contributed by atoms with Crippen LogP contribution in [-0.4, -0.2) is 24.3 Å². The highest BCUT2D eigenvalue weighted by Crippen LogP contribution is 1.85. The van der Waals surface area contributed by atoms with Gasteiger partial charge < -0.3 is 9.84 Å². The Labute approximate surface area is 84.5 Å². The molecule has 0 aromatic heterocycles. The van der Waals surface area contributed by atoms with Crippen molar-refractivity contribution in [1.29, 1.82) is 0 Å². The van der Waals surface area contributed by atoms with Gasteiger partial charge in [-0.2, -0.15) is 0 Å². The summed E-state index contributed by atoms with van der Waals surface area (Å²) in [7, 11) is 0. The third kappa shape index (κ3) is 8.64. The molecule has 0 rings (SSSR count). The summed E-state index contributed by atoms with van der Waals surface area (Å²) < 4.78 is 4.79. The SMILES string of the molecule is CCC(=O)OCCC#CC#CCCO. The summed E-state index contributed by atoms with van der Waals surface area (Å²) in [5, 5.41) is 8.39. The van der Waals surface area contributed by atoms with Gasteiger partial charge in [0, 0.05) is 19.3 Å². The van der Waals surface area contributed by atoms with Gasteiger partial charge in [0.1, 0.15) is 6.61 Å². The summed E-state index contributed by atoms with van der Waals surface area (Å²) in [6.45, 7) is 2.12. The van der Waals surface area contributed by atoms with E-state index < -0.39 is 0 Å². The van der Waals surface area contributed by atoms with E-state index in [4.69, 9.17) is 9.84 Å². The van der Waals surface area contributed by atoms with Gasteiger partial charge in [-0.15, -0.1) is 0 Å². The maximum absolute atomic E-state index is 10.7. The van der Waals surface area contributed by atoms with Gasteiger partial charge in [-0.3, -0.25) is 4.79 Å². The fourth-order valence-corrected chi connectivity index (χ4v) is 0.587. The fraction of sp³-hybridized carbons (Fsp3) is 0.545. The molecular weight excluding hydrogens is 180 g/mol. The van der Waals surface area contributed by atoms with Gasteiger partial charge in [-0.05, 0) is 11.8 Å². The number of aliphatic hydroxyl groups is 1. The number of carbonyl (C=O) groups is 1. The second-order valence-corrected chi connectivity index (χ2v) is 2.40. The average molecular weight is 194 g/mol. The van der Waals surface area contributed by atoms with E-state index in [1.54, 1.807) is 6.92 Å². The van der Waals surface area contributed by atoms with Crippen molar-refractivity contribution in [2.75, 3.05) is 13.2 Å². The van der Waals surface area contributed by atoms with Crippen LogP contribution in [0.2, 0.25) is 0 Å². The fourth-order valence-electron chi connectivity index (χ4n) is 0.587. The lowest BCUT2D eigenvalue weighted by Crippen LogP contribution is -2.02. The predicted molar refractivity (Wildman–Crippen MR) is 53.1 cm³/mol. The molecule has 0 unspecified atom stereocenters. The molecule has 3 nitrogen and oxygen atoms in total. The summed E-state index contributed by atoms with van der Waals surface area (Å²) in [6, 6.07) is 0. The lowest BCUT2D eigenvalue weighted by atomic mass is 10.4. The molecule has 0 aromatic rings. The topological polar surface area (TPSA) is 46.5 Å². The molecule has 0 saturated heterocycles. The molecule has 0 aliphatic rings. The molecule has 0 heterocycles. The largest absolute Gasteiger partial charge is 0.465 e. The molecule has 76 valence electrons. The van der Waals surface area contributed by atoms with E-state index >= 15 is 0 Å². The maximum atomic E-state index is 10.7. The van der Waals surface area contributed by atoms with Crippen LogP contribution in [0.15, 0.2) is 0 Å². The number of hydrogen-bond acceptors (Lipinski definition) is 3. The molecule has 0 radical (unpaired) electrons. The minimum absolute atomic E-state index is 0.0583. The van der Waals surface area contributed by atoms with Crippen LogP contribution in [0.4, 0.5) is 0 Å². The number of hydrogen-bond donors (Lipinski definition) is 1. The highest BCUT2D eigenvalue weighted by atomic mass is 16.5. The van der Waals surface area contributed by atoms with E-state index in [0.29, 0.717) is 25.9 Å². The Hall–Kier alpha value is -1.45. The van der Waals surface area contributed by atoms with E-state index in [1.807, 2.05) is 0 Å². The minimum atomic E-state index is -0.210. The number of carbonyl (C=O) groups excluding carboxylic acids is 1. The van der Waals surface area contributed by atoms with Crippen molar-refractivity contribution < 1.29 is 14.6 Å². The van der Waals surface area contributed by atoms with Crippen LogP contribution < -0.4 is 0 Å². The van der Waals surface area contributed by atoms with E-state index in [-0.39, 0.29) is 12.6 Å². The Morgan fingerprint density at radius 2 is 1.93 bits per heavy atom. The zero-order valence-corrected chi connectivity index (χ0v) is 8.30. The van der Waals surface area contributed by atoms with Crippen LogP contribution in [0, 0.1) is 23.7 Å². The molecule has 14 heavy (non-hydrogen) atoms. The first kappa shape index (κ1) is 12.6. The second kappa shape index (κ2) is 9.64. The third-order valence-corrected chi connectivity index (χ3v) is 1.25. The van der Waals surface area contributed by atoms with E-state index in [9.17, 15) is 4.79 Å². The molecule has 3 heteroatoms. The van der Waals surface area contributed by atoms with Crippen LogP contribution in [0.1, 0.15) is 26.2 Å². The van der Waals surface area contributed by atoms with Gasteiger partial charge in [-0.1, -0.05) is 18.8 Å². The van der Waals surface area contributed by atoms with Crippen molar-refractivity contribution in [3.05, 3.63) is 0 Å². The zero-order chi connectivity index (χ0) is 10.6. The van der Waals surface area contributed by atoms with Crippen molar-refractivity contribution in [2.24, 2.45) is 0 Å². The molecule has 0 fully saturated rings. The lowest BCUT2D eigenvalue weighted by Gasteiger charge is -1.97. The van der Waals surface area contributed by atoms with Crippen LogP contribution in [0.5, 0.6) is 0 Å². The summed E-state index contributed by atoms with van der Waals surface area (Å²) in [5.74, 6) is 10.4. The smallest absolute Gasteiger partial charge is 0.305 e. The van der Waals surface area contributed by atoms with E-state index in [0.717, 1.165) is 0 Å². The molecule has 0 atom stereocenters. The van der Waals surface area contributed by atoms with Gasteiger partial charge >= 0.3 is 5.97 Å². The van der Waals surface area contributed by atoms with Crippen LogP contribution in [0.3, 0.4) is 0 Å². The maximum Gasteiger partial charge on any atom is 0.305 e. The molecule has 0 spiro atoms. The quantitative estimate of drug-likeness (QED) is 0.407.